The summed E-state index contributed by atoms with van der Waals surface area (Å²) in [5, 5.41) is 15.1. The van der Waals surface area contributed by atoms with Crippen LogP contribution in [-0.2, 0) is 13.2 Å². The Morgan fingerprint density at radius 3 is 2.72 bits per heavy atom. The maximum absolute atomic E-state index is 13.7. The number of aliphatic hydroxyl groups excluding tert-OH is 1. The summed E-state index contributed by atoms with van der Waals surface area (Å²) in [5.41, 5.74) is 2.13. The number of halogens is 1. The van der Waals surface area contributed by atoms with Crippen molar-refractivity contribution in [1.82, 2.24) is 14.3 Å². The van der Waals surface area contributed by atoms with E-state index in [0.29, 0.717) is 34.1 Å². The molecule has 2 aromatic heterocycles. The average Bonchev–Trinajstić information content (AvgIpc) is 2.96. The van der Waals surface area contributed by atoms with Crippen molar-refractivity contribution in [3.8, 4) is 5.69 Å². The molecule has 2 aromatic carbocycles. The molecule has 0 amide bonds. The van der Waals surface area contributed by atoms with E-state index >= 15 is 0 Å². The highest BCUT2D eigenvalue weighted by molar-refractivity contribution is 6.07. The van der Waals surface area contributed by atoms with Crippen molar-refractivity contribution < 1.29 is 9.50 Å². The van der Waals surface area contributed by atoms with Gasteiger partial charge in [-0.3, -0.25) is 4.79 Å². The Morgan fingerprint density at radius 2 is 1.96 bits per heavy atom. The molecule has 6 heteroatoms. The van der Waals surface area contributed by atoms with E-state index in [-0.39, 0.29) is 18.0 Å². The van der Waals surface area contributed by atoms with E-state index < -0.39 is 0 Å². The van der Waals surface area contributed by atoms with Crippen LogP contribution in [0.3, 0.4) is 0 Å². The van der Waals surface area contributed by atoms with Gasteiger partial charge in [0.05, 0.1) is 18.5 Å². The zero-order valence-corrected chi connectivity index (χ0v) is 13.6. The number of fused-ring (bicyclic) bond motifs is 3. The number of nitrogens with zero attached hydrogens (tertiary/aromatic N) is 3. The first-order chi connectivity index (χ1) is 12.2. The van der Waals surface area contributed by atoms with Crippen LogP contribution >= 0.6 is 0 Å². The predicted octanol–water partition coefficient (Wildman–Crippen LogP) is 2.99. The Morgan fingerprint density at radius 1 is 1.16 bits per heavy atom. The first-order valence-corrected chi connectivity index (χ1v) is 8.04. The van der Waals surface area contributed by atoms with E-state index in [1.54, 1.807) is 36.5 Å². The van der Waals surface area contributed by atoms with Gasteiger partial charge in [0.1, 0.15) is 11.3 Å². The number of aromatic nitrogens is 3. The van der Waals surface area contributed by atoms with Crippen LogP contribution in [0.25, 0.3) is 27.5 Å². The molecular weight excluding hydrogens is 321 g/mol. The van der Waals surface area contributed by atoms with Crippen LogP contribution in [0.15, 0.2) is 53.5 Å². The first kappa shape index (κ1) is 15.5. The van der Waals surface area contributed by atoms with Crippen LogP contribution in [0.5, 0.6) is 0 Å². The number of hydrogen-bond acceptors (Lipinski definition) is 3. The lowest BCUT2D eigenvalue weighted by molar-refractivity contribution is 0.281. The zero-order chi connectivity index (χ0) is 17.6. The van der Waals surface area contributed by atoms with E-state index in [4.69, 9.17) is 0 Å². The van der Waals surface area contributed by atoms with Crippen molar-refractivity contribution in [2.45, 2.75) is 20.1 Å². The molecule has 0 radical (unpaired) electrons. The second kappa shape index (κ2) is 5.82. The molecule has 0 saturated carbocycles. The van der Waals surface area contributed by atoms with Crippen LogP contribution in [0.1, 0.15) is 12.5 Å². The van der Waals surface area contributed by atoms with E-state index in [9.17, 15) is 14.3 Å². The summed E-state index contributed by atoms with van der Waals surface area (Å²) < 4.78 is 16.8. The van der Waals surface area contributed by atoms with Crippen molar-refractivity contribution in [2.75, 3.05) is 0 Å². The third kappa shape index (κ3) is 2.26. The van der Waals surface area contributed by atoms with Crippen LogP contribution in [-0.4, -0.2) is 19.5 Å². The number of rotatable bonds is 3. The van der Waals surface area contributed by atoms with Gasteiger partial charge in [-0.1, -0.05) is 18.2 Å². The molecule has 0 aliphatic rings. The molecule has 5 nitrogen and oxygen atoms in total. The van der Waals surface area contributed by atoms with Crippen LogP contribution in [0.2, 0.25) is 0 Å². The largest absolute Gasteiger partial charge is 0.392 e. The topological polar surface area (TPSA) is 60.1 Å². The molecule has 126 valence electrons. The number of hydrogen-bond donors (Lipinski definition) is 1. The van der Waals surface area contributed by atoms with Gasteiger partial charge < -0.3 is 9.67 Å². The Labute approximate surface area is 142 Å². The van der Waals surface area contributed by atoms with Crippen molar-refractivity contribution in [3.05, 3.63) is 70.4 Å². The molecule has 4 aromatic rings. The van der Waals surface area contributed by atoms with Gasteiger partial charge in [0.2, 0.25) is 0 Å². The summed E-state index contributed by atoms with van der Waals surface area (Å²) in [5.74, 6) is -0.350. The zero-order valence-electron chi connectivity index (χ0n) is 13.6. The number of aryl methyl sites for hydroxylation is 1. The lowest BCUT2D eigenvalue weighted by Crippen LogP contribution is -2.23. The fourth-order valence-electron chi connectivity index (χ4n) is 3.33. The van der Waals surface area contributed by atoms with Crippen LogP contribution in [0, 0.1) is 5.82 Å². The monoisotopic (exact) mass is 337 g/mol. The van der Waals surface area contributed by atoms with E-state index in [0.717, 1.165) is 5.52 Å². The second-order valence-corrected chi connectivity index (χ2v) is 5.82. The third-order valence-corrected chi connectivity index (χ3v) is 4.47. The lowest BCUT2D eigenvalue weighted by atomic mass is 10.2. The maximum atomic E-state index is 13.7. The number of aliphatic hydroxyl groups is 1. The Bertz CT molecular complexity index is 1160. The number of para-hydroxylation sites is 1. The van der Waals surface area contributed by atoms with Gasteiger partial charge in [-0.05, 0) is 31.2 Å². The Balaban J connectivity index is 2.13. The summed E-state index contributed by atoms with van der Waals surface area (Å²) in [7, 11) is 0. The van der Waals surface area contributed by atoms with Gasteiger partial charge in [0.15, 0.2) is 0 Å². The molecule has 0 unspecified atom stereocenters. The third-order valence-electron chi connectivity index (χ3n) is 4.47. The molecule has 0 atom stereocenters. The summed E-state index contributed by atoms with van der Waals surface area (Å²) in [4.78, 5) is 13.1. The molecule has 4 rings (SSSR count). The standard InChI is InChI=1S/C19H16FN3O2/c1-2-22-17-8-7-13(20)9-14(17)15-10-21-23(19(25)18(15)22)16-6-4-3-5-12(16)11-24/h3-10,24H,2,11H2,1H3. The molecule has 1 N–H and O–H groups in total. The normalized spacial score (nSPS) is 11.5. The minimum Gasteiger partial charge on any atom is -0.392 e. The van der Waals surface area contributed by atoms with Gasteiger partial charge in [-0.25, -0.2) is 4.39 Å². The highest BCUT2D eigenvalue weighted by Gasteiger charge is 2.17. The van der Waals surface area contributed by atoms with Crippen molar-refractivity contribution in [2.24, 2.45) is 0 Å². The van der Waals surface area contributed by atoms with Crippen LogP contribution in [0.4, 0.5) is 4.39 Å². The van der Waals surface area contributed by atoms with Crippen molar-refractivity contribution in [3.63, 3.8) is 0 Å². The Hall–Kier alpha value is -2.99. The van der Waals surface area contributed by atoms with Crippen LogP contribution < -0.4 is 5.56 Å². The minimum absolute atomic E-state index is 0.190. The average molecular weight is 337 g/mol. The van der Waals surface area contributed by atoms with Gasteiger partial charge >= 0.3 is 0 Å². The van der Waals surface area contributed by atoms with Gasteiger partial charge in [0, 0.05) is 28.4 Å². The Kier molecular flexibility index (Phi) is 3.62. The molecule has 0 aliphatic heterocycles. The fourth-order valence-corrected chi connectivity index (χ4v) is 3.33. The molecule has 0 aliphatic carbocycles. The molecule has 0 saturated heterocycles. The highest BCUT2D eigenvalue weighted by Crippen LogP contribution is 2.27. The molecular formula is C19H16FN3O2. The predicted molar refractivity (Wildman–Crippen MR) is 94.4 cm³/mol. The number of benzene rings is 2. The second-order valence-electron chi connectivity index (χ2n) is 5.82. The smallest absolute Gasteiger partial charge is 0.296 e. The van der Waals surface area contributed by atoms with E-state index in [1.807, 2.05) is 11.5 Å². The van der Waals surface area contributed by atoms with Gasteiger partial charge in [0.25, 0.3) is 5.56 Å². The van der Waals surface area contributed by atoms with E-state index in [1.165, 1.54) is 16.8 Å². The van der Waals surface area contributed by atoms with Gasteiger partial charge in [-0.2, -0.15) is 9.78 Å². The maximum Gasteiger partial charge on any atom is 0.296 e. The first-order valence-electron chi connectivity index (χ1n) is 8.04. The summed E-state index contributed by atoms with van der Waals surface area (Å²) in [6, 6.07) is 11.6. The van der Waals surface area contributed by atoms with Crippen molar-refractivity contribution in [1.29, 1.82) is 0 Å². The molecule has 0 bridgehead atoms. The quantitative estimate of drug-likeness (QED) is 0.625. The van der Waals surface area contributed by atoms with E-state index in [2.05, 4.69) is 5.10 Å². The molecule has 2 heterocycles. The van der Waals surface area contributed by atoms with Gasteiger partial charge in [-0.15, -0.1) is 0 Å². The summed E-state index contributed by atoms with van der Waals surface area (Å²) in [6.45, 7) is 2.32. The summed E-state index contributed by atoms with van der Waals surface area (Å²) >= 11 is 0. The van der Waals surface area contributed by atoms with Crippen molar-refractivity contribution >= 4 is 21.8 Å². The molecule has 25 heavy (non-hydrogen) atoms. The summed E-state index contributed by atoms with van der Waals surface area (Å²) in [6.07, 6.45) is 1.58. The molecule has 0 spiro atoms. The fraction of sp³-hybridized carbons (Fsp3) is 0.158. The minimum atomic E-state index is -0.350. The molecule has 0 fully saturated rings. The SMILES string of the molecule is CCn1c2ccc(F)cc2c2cnn(-c3ccccc3CO)c(=O)c21. The highest BCUT2D eigenvalue weighted by atomic mass is 19.1. The lowest BCUT2D eigenvalue weighted by Gasteiger charge is -2.10.